The maximum atomic E-state index is 5.84. The van der Waals surface area contributed by atoms with Crippen LogP contribution in [0.5, 0.6) is 0 Å². The number of rotatable bonds is 8. The van der Waals surface area contributed by atoms with E-state index in [0.29, 0.717) is 12.0 Å². The Labute approximate surface area is 201 Å². The van der Waals surface area contributed by atoms with Crippen molar-refractivity contribution in [2.24, 2.45) is 0 Å². The number of hydrogen-bond acceptors (Lipinski definition) is 5. The molecule has 2 aliphatic rings. The van der Waals surface area contributed by atoms with Gasteiger partial charge in [-0.3, -0.25) is 4.90 Å². The molecule has 5 rings (SSSR count). The largest absolute Gasteiger partial charge is 0.377 e. The number of benzene rings is 2. The first kappa shape index (κ1) is 22.6. The van der Waals surface area contributed by atoms with Crippen molar-refractivity contribution in [2.45, 2.75) is 62.9 Å². The van der Waals surface area contributed by atoms with Gasteiger partial charge in [0.15, 0.2) is 5.16 Å². The van der Waals surface area contributed by atoms with Gasteiger partial charge in [0.1, 0.15) is 5.82 Å². The van der Waals surface area contributed by atoms with Gasteiger partial charge >= 0.3 is 0 Å². The number of hydrogen-bond donors (Lipinski definition) is 0. The van der Waals surface area contributed by atoms with E-state index in [1.54, 1.807) is 11.8 Å². The summed E-state index contributed by atoms with van der Waals surface area (Å²) in [6, 6.07) is 19.6. The van der Waals surface area contributed by atoms with Crippen LogP contribution in [0, 0.1) is 6.92 Å². The third-order valence-electron chi connectivity index (χ3n) is 6.83. The second-order valence-electron chi connectivity index (χ2n) is 9.39. The van der Waals surface area contributed by atoms with Gasteiger partial charge in [-0.25, -0.2) is 0 Å². The fraction of sp³-hybridized carbons (Fsp3) is 0.481. The predicted octanol–water partition coefficient (Wildman–Crippen LogP) is 5.29. The molecule has 0 saturated carbocycles. The summed E-state index contributed by atoms with van der Waals surface area (Å²) in [4.78, 5) is 2.58. The molecule has 0 unspecified atom stereocenters. The van der Waals surface area contributed by atoms with Gasteiger partial charge < -0.3 is 9.30 Å². The van der Waals surface area contributed by atoms with Crippen molar-refractivity contribution in [1.82, 2.24) is 19.7 Å². The van der Waals surface area contributed by atoms with Gasteiger partial charge in [0.25, 0.3) is 0 Å². The van der Waals surface area contributed by atoms with Crippen LogP contribution in [0.25, 0.3) is 0 Å². The molecule has 6 heteroatoms. The van der Waals surface area contributed by atoms with Crippen molar-refractivity contribution >= 4 is 11.8 Å². The highest BCUT2D eigenvalue weighted by Crippen LogP contribution is 2.31. The summed E-state index contributed by atoms with van der Waals surface area (Å²) in [6.45, 7) is 7.12. The summed E-state index contributed by atoms with van der Waals surface area (Å²) in [5.74, 6) is 2.58. The Bertz CT molecular complexity index is 1010. The Morgan fingerprint density at radius 2 is 1.67 bits per heavy atom. The van der Waals surface area contributed by atoms with Gasteiger partial charge in [-0.15, -0.1) is 10.2 Å². The predicted molar refractivity (Wildman–Crippen MR) is 134 cm³/mol. The molecule has 2 saturated heterocycles. The molecule has 3 aromatic rings. The van der Waals surface area contributed by atoms with Crippen molar-refractivity contribution in [2.75, 3.05) is 25.4 Å². The zero-order valence-electron chi connectivity index (χ0n) is 19.5. The molecule has 0 N–H and O–H groups in total. The standard InChI is InChI=1S/C27H34N4OS/c1-21-9-11-23(12-10-21)18-30-15-13-24(14-16-30)26-28-29-27(33-20-25-8-5-17-32-25)31(26)19-22-6-3-2-4-7-22/h2-4,6-7,9-12,24-25H,5,8,13-20H2,1H3/t25-/m1/s1. The maximum Gasteiger partial charge on any atom is 0.191 e. The Balaban J connectivity index is 1.27. The highest BCUT2D eigenvalue weighted by atomic mass is 32.2. The lowest BCUT2D eigenvalue weighted by Crippen LogP contribution is -2.33. The lowest BCUT2D eigenvalue weighted by atomic mass is 9.95. The van der Waals surface area contributed by atoms with Crippen molar-refractivity contribution in [1.29, 1.82) is 0 Å². The number of likely N-dealkylation sites (tertiary alicyclic amines) is 1. The molecule has 3 heterocycles. The van der Waals surface area contributed by atoms with E-state index in [2.05, 4.69) is 76.1 Å². The van der Waals surface area contributed by atoms with Crippen LogP contribution in [0.3, 0.4) is 0 Å². The Kier molecular flexibility index (Phi) is 7.44. The van der Waals surface area contributed by atoms with Gasteiger partial charge in [0, 0.05) is 24.8 Å². The van der Waals surface area contributed by atoms with Crippen molar-refractivity contribution in [3.8, 4) is 0 Å². The van der Waals surface area contributed by atoms with Gasteiger partial charge in [-0.2, -0.15) is 0 Å². The first-order chi connectivity index (χ1) is 16.2. The number of aryl methyl sites for hydroxylation is 1. The van der Waals surface area contributed by atoms with E-state index in [4.69, 9.17) is 9.84 Å². The molecule has 1 aromatic heterocycles. The second-order valence-corrected chi connectivity index (χ2v) is 10.4. The van der Waals surface area contributed by atoms with Gasteiger partial charge in [-0.05, 0) is 56.8 Å². The van der Waals surface area contributed by atoms with Crippen LogP contribution in [-0.4, -0.2) is 51.2 Å². The average Bonchev–Trinajstić information content (AvgIpc) is 3.51. The molecule has 2 fully saturated rings. The Hall–Kier alpha value is -2.15. The Morgan fingerprint density at radius 1 is 0.909 bits per heavy atom. The van der Waals surface area contributed by atoms with E-state index >= 15 is 0 Å². The minimum Gasteiger partial charge on any atom is -0.377 e. The molecular formula is C27H34N4OS. The lowest BCUT2D eigenvalue weighted by Gasteiger charge is -2.31. The molecule has 2 aromatic carbocycles. The first-order valence-corrected chi connectivity index (χ1v) is 13.2. The smallest absolute Gasteiger partial charge is 0.191 e. The summed E-state index contributed by atoms with van der Waals surface area (Å²) in [7, 11) is 0. The lowest BCUT2D eigenvalue weighted by molar-refractivity contribution is 0.129. The van der Waals surface area contributed by atoms with Gasteiger partial charge in [0.05, 0.1) is 12.6 Å². The molecule has 0 aliphatic carbocycles. The van der Waals surface area contributed by atoms with Crippen LogP contribution in [-0.2, 0) is 17.8 Å². The normalized spacial score (nSPS) is 19.8. The van der Waals surface area contributed by atoms with E-state index < -0.39 is 0 Å². The number of thioether (sulfide) groups is 1. The highest BCUT2D eigenvalue weighted by molar-refractivity contribution is 7.99. The summed E-state index contributed by atoms with van der Waals surface area (Å²) in [6.07, 6.45) is 4.95. The number of aromatic nitrogens is 3. The van der Waals surface area contributed by atoms with Crippen LogP contribution in [0.2, 0.25) is 0 Å². The zero-order chi connectivity index (χ0) is 22.5. The fourth-order valence-electron chi connectivity index (χ4n) is 4.87. The maximum absolute atomic E-state index is 5.84. The van der Waals surface area contributed by atoms with Gasteiger partial charge in [-0.1, -0.05) is 71.9 Å². The minimum absolute atomic E-state index is 0.352. The highest BCUT2D eigenvalue weighted by Gasteiger charge is 2.27. The molecule has 33 heavy (non-hydrogen) atoms. The third kappa shape index (κ3) is 5.86. The minimum atomic E-state index is 0.352. The number of nitrogens with zero attached hydrogens (tertiary/aromatic N) is 4. The van der Waals surface area contributed by atoms with Crippen LogP contribution in [0.4, 0.5) is 0 Å². The summed E-state index contributed by atoms with van der Waals surface area (Å²) >= 11 is 1.81. The topological polar surface area (TPSA) is 43.2 Å². The molecule has 5 nitrogen and oxygen atoms in total. The molecular weight excluding hydrogens is 428 g/mol. The van der Waals surface area contributed by atoms with E-state index in [1.807, 2.05) is 0 Å². The van der Waals surface area contributed by atoms with E-state index in [1.165, 1.54) is 23.1 Å². The average molecular weight is 463 g/mol. The molecule has 174 valence electrons. The molecule has 0 bridgehead atoms. The monoisotopic (exact) mass is 462 g/mol. The third-order valence-corrected chi connectivity index (χ3v) is 7.93. The summed E-state index contributed by atoms with van der Waals surface area (Å²) in [5.41, 5.74) is 4.02. The van der Waals surface area contributed by atoms with Crippen molar-refractivity contribution in [3.05, 3.63) is 77.1 Å². The van der Waals surface area contributed by atoms with E-state index in [0.717, 1.165) is 68.8 Å². The van der Waals surface area contributed by atoms with Crippen molar-refractivity contribution < 1.29 is 4.74 Å². The number of piperidine rings is 1. The second kappa shape index (κ2) is 10.9. The molecule has 2 aliphatic heterocycles. The molecule has 0 spiro atoms. The molecule has 0 amide bonds. The summed E-state index contributed by atoms with van der Waals surface area (Å²) < 4.78 is 8.21. The molecule has 1 atom stereocenters. The van der Waals surface area contributed by atoms with Crippen LogP contribution < -0.4 is 0 Å². The summed E-state index contributed by atoms with van der Waals surface area (Å²) in [5, 5.41) is 10.4. The van der Waals surface area contributed by atoms with Gasteiger partial charge in [0.2, 0.25) is 0 Å². The van der Waals surface area contributed by atoms with Crippen LogP contribution >= 0.6 is 11.8 Å². The van der Waals surface area contributed by atoms with Crippen molar-refractivity contribution in [3.63, 3.8) is 0 Å². The van der Waals surface area contributed by atoms with Crippen LogP contribution in [0.15, 0.2) is 59.8 Å². The van der Waals surface area contributed by atoms with Crippen LogP contribution in [0.1, 0.15) is 54.1 Å². The quantitative estimate of drug-likeness (QED) is 0.426. The van der Waals surface area contributed by atoms with E-state index in [9.17, 15) is 0 Å². The zero-order valence-corrected chi connectivity index (χ0v) is 20.3. The first-order valence-electron chi connectivity index (χ1n) is 12.2. The SMILES string of the molecule is Cc1ccc(CN2CCC(c3nnc(SC[C@H]4CCCO4)n3Cc3ccccc3)CC2)cc1. The Morgan fingerprint density at radius 3 is 2.39 bits per heavy atom. The molecule has 0 radical (unpaired) electrons. The number of ether oxygens (including phenoxy) is 1. The fourth-order valence-corrected chi connectivity index (χ4v) is 5.88. The van der Waals surface area contributed by atoms with E-state index in [-0.39, 0.29) is 0 Å².